The highest BCUT2D eigenvalue weighted by Crippen LogP contribution is 2.21. The molecule has 7 nitrogen and oxygen atoms in total. The predicted octanol–water partition coefficient (Wildman–Crippen LogP) is 2.18. The normalized spacial score (nSPS) is 14.0. The standard InChI is InChI=1S/C20H21N5O2/c1-2-27-16-5-3-4-14(8-16)11-25-7-6-17-18(12-25)23-19(24-20(17)26)15-9-21-13-22-10-15/h3-5,8-10,13H,2,6-7,11-12H2,1H3,(H,23,24,26). The molecular formula is C20H21N5O2. The summed E-state index contributed by atoms with van der Waals surface area (Å²) in [5.41, 5.74) is 3.42. The number of aromatic nitrogens is 4. The maximum absolute atomic E-state index is 12.5. The van der Waals surface area contributed by atoms with Crippen molar-refractivity contribution in [3.05, 3.63) is 70.2 Å². The lowest BCUT2D eigenvalue weighted by Gasteiger charge is -2.27. The van der Waals surface area contributed by atoms with E-state index in [9.17, 15) is 4.79 Å². The molecule has 0 saturated carbocycles. The average Bonchev–Trinajstić information content (AvgIpc) is 2.69. The van der Waals surface area contributed by atoms with Gasteiger partial charge in [0.25, 0.3) is 5.56 Å². The molecule has 0 amide bonds. The van der Waals surface area contributed by atoms with Crippen molar-refractivity contribution in [2.45, 2.75) is 26.4 Å². The first-order valence-corrected chi connectivity index (χ1v) is 9.04. The van der Waals surface area contributed by atoms with Crippen LogP contribution in [-0.4, -0.2) is 38.0 Å². The molecule has 0 saturated heterocycles. The van der Waals surface area contributed by atoms with Crippen LogP contribution in [0.25, 0.3) is 11.4 Å². The molecule has 0 unspecified atom stereocenters. The zero-order valence-corrected chi connectivity index (χ0v) is 15.2. The Morgan fingerprint density at radius 2 is 2.11 bits per heavy atom. The predicted molar refractivity (Wildman–Crippen MR) is 101 cm³/mol. The molecule has 0 spiro atoms. The smallest absolute Gasteiger partial charge is 0.254 e. The molecule has 0 aliphatic carbocycles. The van der Waals surface area contributed by atoms with E-state index < -0.39 is 0 Å². The summed E-state index contributed by atoms with van der Waals surface area (Å²) in [7, 11) is 0. The van der Waals surface area contributed by atoms with E-state index >= 15 is 0 Å². The zero-order valence-electron chi connectivity index (χ0n) is 15.2. The van der Waals surface area contributed by atoms with Crippen LogP contribution in [0.2, 0.25) is 0 Å². The molecule has 1 aliphatic rings. The van der Waals surface area contributed by atoms with E-state index in [1.807, 2.05) is 19.1 Å². The van der Waals surface area contributed by atoms with E-state index in [-0.39, 0.29) is 5.56 Å². The van der Waals surface area contributed by atoms with Gasteiger partial charge in [-0.15, -0.1) is 0 Å². The number of fused-ring (bicyclic) bond motifs is 1. The fraction of sp³-hybridized carbons (Fsp3) is 0.300. The molecule has 27 heavy (non-hydrogen) atoms. The third kappa shape index (κ3) is 3.88. The van der Waals surface area contributed by atoms with Crippen molar-refractivity contribution in [2.75, 3.05) is 13.2 Å². The average molecular weight is 363 g/mol. The van der Waals surface area contributed by atoms with Crippen molar-refractivity contribution in [3.63, 3.8) is 0 Å². The summed E-state index contributed by atoms with van der Waals surface area (Å²) in [5, 5.41) is 0. The van der Waals surface area contributed by atoms with Crippen molar-refractivity contribution in [1.82, 2.24) is 24.8 Å². The van der Waals surface area contributed by atoms with Crippen LogP contribution in [0, 0.1) is 0 Å². The molecule has 1 aliphatic heterocycles. The number of nitrogens with zero attached hydrogens (tertiary/aromatic N) is 4. The number of rotatable bonds is 5. The first kappa shape index (κ1) is 17.4. The van der Waals surface area contributed by atoms with Gasteiger partial charge < -0.3 is 9.72 Å². The Balaban J connectivity index is 1.56. The third-order valence-corrected chi connectivity index (χ3v) is 4.60. The van der Waals surface area contributed by atoms with E-state index in [1.54, 1.807) is 12.4 Å². The van der Waals surface area contributed by atoms with Gasteiger partial charge in [0.1, 0.15) is 17.9 Å². The van der Waals surface area contributed by atoms with E-state index in [0.29, 0.717) is 31.0 Å². The summed E-state index contributed by atoms with van der Waals surface area (Å²) in [5.74, 6) is 1.40. The van der Waals surface area contributed by atoms with Crippen molar-refractivity contribution in [3.8, 4) is 17.1 Å². The summed E-state index contributed by atoms with van der Waals surface area (Å²) in [4.78, 5) is 30.3. The SMILES string of the molecule is CCOc1cccc(CN2CCc3c(nc(-c4cncnc4)[nH]c3=O)C2)c1. The topological polar surface area (TPSA) is 84.0 Å². The van der Waals surface area contributed by atoms with Crippen molar-refractivity contribution in [2.24, 2.45) is 0 Å². The van der Waals surface area contributed by atoms with Gasteiger partial charge in [0, 0.05) is 37.6 Å². The molecule has 1 aromatic carbocycles. The van der Waals surface area contributed by atoms with Crippen LogP contribution in [0.3, 0.4) is 0 Å². The molecule has 138 valence electrons. The Kier molecular flexibility index (Phi) is 4.93. The van der Waals surface area contributed by atoms with Crippen molar-refractivity contribution < 1.29 is 4.74 Å². The second-order valence-electron chi connectivity index (χ2n) is 6.51. The van der Waals surface area contributed by atoms with Crippen LogP contribution in [0.4, 0.5) is 0 Å². The molecule has 0 radical (unpaired) electrons. The van der Waals surface area contributed by atoms with Gasteiger partial charge >= 0.3 is 0 Å². The first-order chi connectivity index (χ1) is 13.2. The van der Waals surface area contributed by atoms with E-state index in [0.717, 1.165) is 30.1 Å². The molecular weight excluding hydrogens is 342 g/mol. The zero-order chi connectivity index (χ0) is 18.6. The molecule has 7 heteroatoms. The van der Waals surface area contributed by atoms with E-state index in [2.05, 4.69) is 37.0 Å². The largest absolute Gasteiger partial charge is 0.494 e. The van der Waals surface area contributed by atoms with Crippen LogP contribution >= 0.6 is 0 Å². The molecule has 2 aromatic heterocycles. The maximum atomic E-state index is 12.5. The Hall–Kier alpha value is -3.06. The van der Waals surface area contributed by atoms with Crippen LogP contribution in [-0.2, 0) is 19.5 Å². The minimum Gasteiger partial charge on any atom is -0.494 e. The van der Waals surface area contributed by atoms with Crippen molar-refractivity contribution >= 4 is 0 Å². The van der Waals surface area contributed by atoms with Gasteiger partial charge in [-0.1, -0.05) is 12.1 Å². The molecule has 1 N–H and O–H groups in total. The lowest BCUT2D eigenvalue weighted by atomic mass is 10.1. The number of H-pyrrole nitrogens is 1. The van der Waals surface area contributed by atoms with Gasteiger partial charge in [-0.25, -0.2) is 15.0 Å². The van der Waals surface area contributed by atoms with Crippen LogP contribution < -0.4 is 10.3 Å². The lowest BCUT2D eigenvalue weighted by Crippen LogP contribution is -2.35. The highest BCUT2D eigenvalue weighted by atomic mass is 16.5. The molecule has 3 heterocycles. The molecule has 0 bridgehead atoms. The quantitative estimate of drug-likeness (QED) is 0.748. The summed E-state index contributed by atoms with van der Waals surface area (Å²) >= 11 is 0. The molecule has 0 atom stereocenters. The monoisotopic (exact) mass is 363 g/mol. The van der Waals surface area contributed by atoms with Gasteiger partial charge in [-0.05, 0) is 31.0 Å². The maximum Gasteiger partial charge on any atom is 0.254 e. The summed E-state index contributed by atoms with van der Waals surface area (Å²) in [6.07, 6.45) is 5.45. The Labute approximate surface area is 157 Å². The van der Waals surface area contributed by atoms with Gasteiger partial charge in [0.2, 0.25) is 0 Å². The minimum atomic E-state index is -0.0724. The number of benzene rings is 1. The minimum absolute atomic E-state index is 0.0724. The second-order valence-corrected chi connectivity index (χ2v) is 6.51. The Morgan fingerprint density at radius 1 is 1.26 bits per heavy atom. The summed E-state index contributed by atoms with van der Waals surface area (Å²) in [6, 6.07) is 8.13. The van der Waals surface area contributed by atoms with E-state index in [4.69, 9.17) is 4.74 Å². The Morgan fingerprint density at radius 3 is 2.93 bits per heavy atom. The lowest BCUT2D eigenvalue weighted by molar-refractivity contribution is 0.240. The fourth-order valence-corrected chi connectivity index (χ4v) is 3.35. The summed E-state index contributed by atoms with van der Waals surface area (Å²) in [6.45, 7) is 4.88. The van der Waals surface area contributed by atoms with E-state index in [1.165, 1.54) is 11.9 Å². The molecule has 4 rings (SSSR count). The second kappa shape index (κ2) is 7.67. The van der Waals surface area contributed by atoms with Gasteiger partial charge in [0.05, 0.1) is 17.9 Å². The number of hydrogen-bond acceptors (Lipinski definition) is 6. The van der Waals surface area contributed by atoms with Gasteiger partial charge in [-0.3, -0.25) is 9.69 Å². The number of nitrogens with one attached hydrogen (secondary N) is 1. The highest BCUT2D eigenvalue weighted by molar-refractivity contribution is 5.52. The number of ether oxygens (including phenoxy) is 1. The third-order valence-electron chi connectivity index (χ3n) is 4.60. The van der Waals surface area contributed by atoms with Crippen LogP contribution in [0.1, 0.15) is 23.7 Å². The van der Waals surface area contributed by atoms with Gasteiger partial charge in [-0.2, -0.15) is 0 Å². The van der Waals surface area contributed by atoms with Crippen molar-refractivity contribution in [1.29, 1.82) is 0 Å². The van der Waals surface area contributed by atoms with Crippen LogP contribution in [0.15, 0.2) is 47.8 Å². The molecule has 3 aromatic rings. The molecule has 0 fully saturated rings. The number of aromatic amines is 1. The highest BCUT2D eigenvalue weighted by Gasteiger charge is 2.21. The number of hydrogen-bond donors (Lipinski definition) is 1. The fourth-order valence-electron chi connectivity index (χ4n) is 3.35. The first-order valence-electron chi connectivity index (χ1n) is 9.04. The Bertz CT molecular complexity index is 987. The van der Waals surface area contributed by atoms with Gasteiger partial charge in [0.15, 0.2) is 0 Å². The van der Waals surface area contributed by atoms with Crippen LogP contribution in [0.5, 0.6) is 5.75 Å². The summed E-state index contributed by atoms with van der Waals surface area (Å²) < 4.78 is 5.58.